The van der Waals surface area contributed by atoms with Gasteiger partial charge < -0.3 is 28.8 Å². The number of aliphatic hydroxyl groups excluding tert-OH is 1. The van der Waals surface area contributed by atoms with Gasteiger partial charge in [0, 0.05) is 31.6 Å². The Morgan fingerprint density at radius 1 is 0.804 bits per heavy atom. The van der Waals surface area contributed by atoms with Crippen LogP contribution in [0.4, 0.5) is 0 Å². The van der Waals surface area contributed by atoms with Crippen LogP contribution >= 0.6 is 0 Å². The van der Waals surface area contributed by atoms with Gasteiger partial charge in [0.05, 0.1) is 38.6 Å². The molecular formula is C43H45N3O9S. The number of amides is 1. The van der Waals surface area contributed by atoms with Crippen LogP contribution in [0.2, 0.25) is 0 Å². The Morgan fingerprint density at radius 2 is 1.41 bits per heavy atom. The first-order valence-electron chi connectivity index (χ1n) is 18.1. The molecule has 0 radical (unpaired) electrons. The van der Waals surface area contributed by atoms with Crippen molar-refractivity contribution in [3.8, 4) is 34.1 Å². The van der Waals surface area contributed by atoms with E-state index < -0.39 is 33.1 Å². The van der Waals surface area contributed by atoms with Crippen LogP contribution in [0.1, 0.15) is 35.6 Å². The maximum Gasteiger partial charge on any atom is 0.266 e. The number of benzene rings is 5. The average molecular weight is 780 g/mol. The molecule has 0 fully saturated rings. The van der Waals surface area contributed by atoms with E-state index in [0.29, 0.717) is 52.7 Å². The monoisotopic (exact) mass is 779 g/mol. The van der Waals surface area contributed by atoms with Gasteiger partial charge in [0.2, 0.25) is 11.6 Å². The minimum Gasteiger partial charge on any atom is -0.494 e. The fourth-order valence-electron chi connectivity index (χ4n) is 6.46. The van der Waals surface area contributed by atoms with Gasteiger partial charge in [-0.15, -0.1) is 0 Å². The minimum atomic E-state index is -3.85. The number of ether oxygens (including phenoxy) is 5. The molecule has 0 spiro atoms. The summed E-state index contributed by atoms with van der Waals surface area (Å²) >= 11 is 0. The van der Waals surface area contributed by atoms with E-state index in [4.69, 9.17) is 33.8 Å². The first kappa shape index (κ1) is 39.8. The molecule has 1 heterocycles. The van der Waals surface area contributed by atoms with Crippen LogP contribution in [0, 0.1) is 0 Å². The third-order valence-electron chi connectivity index (χ3n) is 9.42. The Labute approximate surface area is 327 Å². The molecule has 1 amide bonds. The number of carbonyl (C=O) groups is 1. The molecule has 1 aliphatic rings. The van der Waals surface area contributed by atoms with Crippen LogP contribution < -0.4 is 29.8 Å². The predicted octanol–water partition coefficient (Wildman–Crippen LogP) is 6.08. The van der Waals surface area contributed by atoms with E-state index in [-0.39, 0.29) is 30.4 Å². The molecule has 12 nitrogen and oxygen atoms in total. The minimum absolute atomic E-state index is 0.0118. The van der Waals surface area contributed by atoms with E-state index in [0.717, 1.165) is 11.1 Å². The largest absolute Gasteiger partial charge is 0.494 e. The summed E-state index contributed by atoms with van der Waals surface area (Å²) in [4.78, 5) is 19.9. The Kier molecular flexibility index (Phi) is 12.9. The van der Waals surface area contributed by atoms with Gasteiger partial charge in [0.15, 0.2) is 33.0 Å². The van der Waals surface area contributed by atoms with Crippen LogP contribution in [-0.2, 0) is 25.9 Å². The summed E-state index contributed by atoms with van der Waals surface area (Å²) < 4.78 is 56.3. The number of sulfone groups is 1. The molecule has 0 saturated carbocycles. The molecule has 292 valence electrons. The predicted molar refractivity (Wildman–Crippen MR) is 213 cm³/mol. The number of aliphatic hydroxyl groups is 1. The van der Waals surface area contributed by atoms with Gasteiger partial charge in [0.25, 0.3) is 5.91 Å². The lowest BCUT2D eigenvalue weighted by Gasteiger charge is -2.30. The van der Waals surface area contributed by atoms with Gasteiger partial charge >= 0.3 is 0 Å². The zero-order valence-electron chi connectivity index (χ0n) is 31.4. The van der Waals surface area contributed by atoms with E-state index in [9.17, 15) is 13.2 Å². The molecular weight excluding hydrogens is 735 g/mol. The number of nitrogens with zero attached hydrogens (tertiary/aromatic N) is 1. The van der Waals surface area contributed by atoms with Crippen LogP contribution in [-0.4, -0.2) is 71.2 Å². The summed E-state index contributed by atoms with van der Waals surface area (Å²) in [5, 5.41) is 9.15. The van der Waals surface area contributed by atoms with Crippen LogP contribution in [0.15, 0.2) is 131 Å². The normalized spacial score (nSPS) is 16.4. The summed E-state index contributed by atoms with van der Waals surface area (Å²) in [5.74, 6) is 1.08. The summed E-state index contributed by atoms with van der Waals surface area (Å²) in [6.45, 7) is 0.501. The smallest absolute Gasteiger partial charge is 0.266 e. The third kappa shape index (κ3) is 8.97. The number of hydrogen-bond donors (Lipinski definition) is 3. The van der Waals surface area contributed by atoms with Gasteiger partial charge in [-0.05, 0) is 70.8 Å². The Balaban J connectivity index is 1.38. The summed E-state index contributed by atoms with van der Waals surface area (Å²) in [7, 11) is 0.699. The van der Waals surface area contributed by atoms with Crippen LogP contribution in [0.5, 0.6) is 23.0 Å². The SMILES string of the molecule is COc1cc(CNNC(=O)[C@@]2(CCS(=O)(=O)c3ccccc3)N=C(c3ccc(OCCCO)cc3)O[C@H]2c2ccc(-c3ccccc3)cc2)cc(OC)c1OC. The number of rotatable bonds is 18. The Bertz CT molecular complexity index is 2190. The summed E-state index contributed by atoms with van der Waals surface area (Å²) in [6, 6.07) is 36.2. The average Bonchev–Trinajstić information content (AvgIpc) is 3.64. The van der Waals surface area contributed by atoms with Crippen molar-refractivity contribution in [3.63, 3.8) is 0 Å². The van der Waals surface area contributed by atoms with Gasteiger partial charge in [-0.1, -0.05) is 72.8 Å². The maximum atomic E-state index is 14.7. The Hall–Kier alpha value is -5.89. The van der Waals surface area contributed by atoms with Crippen molar-refractivity contribution in [2.24, 2.45) is 4.99 Å². The standard InChI is InChI=1S/C43H45N3O9S/c1-51-37-27-30(28-38(52-2)39(37)53-3)29-44-46-42(48)43(23-26-56(49,50)36-13-8-5-9-14-36)40(33-17-15-32(16-18-33)31-11-6-4-7-12-31)55-41(45-43)34-19-21-35(22-20-34)54-25-10-24-47/h4-9,11-22,27-28,40,44,47H,10,23-26,29H2,1-3H3,(H,46,48)/t40-,43-/m0/s1. The second-order valence-electron chi connectivity index (χ2n) is 13.0. The molecule has 3 N–H and O–H groups in total. The number of aliphatic imine (C=N–C) groups is 1. The fourth-order valence-corrected chi connectivity index (χ4v) is 7.85. The van der Waals surface area contributed by atoms with Gasteiger partial charge in [0.1, 0.15) is 5.75 Å². The van der Waals surface area contributed by atoms with Crippen molar-refractivity contribution in [1.29, 1.82) is 0 Å². The number of hydrazine groups is 1. The van der Waals surface area contributed by atoms with E-state index >= 15 is 0 Å². The quantitative estimate of drug-likeness (QED) is 0.0705. The molecule has 5 aromatic rings. The lowest BCUT2D eigenvalue weighted by molar-refractivity contribution is -0.130. The third-order valence-corrected chi connectivity index (χ3v) is 11.2. The highest BCUT2D eigenvalue weighted by atomic mass is 32.2. The second-order valence-corrected chi connectivity index (χ2v) is 15.1. The van der Waals surface area contributed by atoms with E-state index in [1.807, 2.05) is 54.6 Å². The number of hydrogen-bond acceptors (Lipinski definition) is 11. The van der Waals surface area contributed by atoms with Crippen molar-refractivity contribution in [3.05, 3.63) is 138 Å². The Morgan fingerprint density at radius 3 is 2.02 bits per heavy atom. The van der Waals surface area contributed by atoms with Gasteiger partial charge in [-0.2, -0.15) is 0 Å². The highest BCUT2D eigenvalue weighted by molar-refractivity contribution is 7.91. The van der Waals surface area contributed by atoms with Crippen molar-refractivity contribution in [1.82, 2.24) is 10.9 Å². The molecule has 0 aromatic heterocycles. The van der Waals surface area contributed by atoms with Crippen molar-refractivity contribution in [2.75, 3.05) is 40.3 Å². The van der Waals surface area contributed by atoms with Crippen LogP contribution in [0.3, 0.4) is 0 Å². The van der Waals surface area contributed by atoms with Gasteiger partial charge in [-0.25, -0.2) is 18.8 Å². The topological polar surface area (TPSA) is 154 Å². The molecule has 6 rings (SSSR count). The molecule has 0 aliphatic carbocycles. The number of carbonyl (C=O) groups excluding carboxylic acids is 1. The number of methoxy groups -OCH3 is 3. The maximum absolute atomic E-state index is 14.7. The van der Waals surface area contributed by atoms with Gasteiger partial charge in [-0.3, -0.25) is 10.2 Å². The molecule has 13 heteroatoms. The lowest BCUT2D eigenvalue weighted by Crippen LogP contribution is -2.53. The van der Waals surface area contributed by atoms with E-state index in [1.165, 1.54) is 33.5 Å². The zero-order chi connectivity index (χ0) is 39.5. The fraction of sp³-hybridized carbons (Fsp3) is 0.256. The molecule has 0 unspecified atom stereocenters. The molecule has 2 atom stereocenters. The summed E-state index contributed by atoms with van der Waals surface area (Å²) in [5.41, 5.74) is 7.95. The number of nitrogens with one attached hydrogen (secondary N) is 2. The molecule has 0 saturated heterocycles. The molecule has 5 aromatic carbocycles. The highest BCUT2D eigenvalue weighted by Crippen LogP contribution is 2.44. The zero-order valence-corrected chi connectivity index (χ0v) is 32.3. The van der Waals surface area contributed by atoms with Crippen LogP contribution in [0.25, 0.3) is 11.1 Å². The first-order chi connectivity index (χ1) is 27.2. The molecule has 0 bridgehead atoms. The first-order valence-corrected chi connectivity index (χ1v) is 19.7. The van der Waals surface area contributed by atoms with Crippen molar-refractivity contribution >= 4 is 21.6 Å². The van der Waals surface area contributed by atoms with Crippen molar-refractivity contribution < 1.29 is 42.0 Å². The summed E-state index contributed by atoms with van der Waals surface area (Å²) in [6.07, 6.45) is -0.741. The van der Waals surface area contributed by atoms with E-state index in [2.05, 4.69) is 10.9 Å². The molecule has 56 heavy (non-hydrogen) atoms. The highest BCUT2D eigenvalue weighted by Gasteiger charge is 2.53. The van der Waals surface area contributed by atoms with Crippen molar-refractivity contribution in [2.45, 2.75) is 35.9 Å². The second kappa shape index (κ2) is 18.2. The molecule has 1 aliphatic heterocycles. The van der Waals surface area contributed by atoms with E-state index in [1.54, 1.807) is 54.6 Å². The lowest BCUT2D eigenvalue weighted by atomic mass is 9.84.